The number of hydrogen-bond donors (Lipinski definition) is 1. The first-order valence-electron chi connectivity index (χ1n) is 8.65. The molecule has 0 radical (unpaired) electrons. The highest BCUT2D eigenvalue weighted by Crippen LogP contribution is 2.51. The van der Waals surface area contributed by atoms with Gasteiger partial charge in [-0.25, -0.2) is 4.79 Å². The van der Waals surface area contributed by atoms with E-state index in [0.717, 1.165) is 23.5 Å². The first-order valence-corrected chi connectivity index (χ1v) is 10.6. The van der Waals surface area contributed by atoms with E-state index in [1.54, 1.807) is 18.2 Å². The fraction of sp³-hybridized carbons (Fsp3) is 0.286. The van der Waals surface area contributed by atoms with Crippen LogP contribution in [-0.4, -0.2) is 20.7 Å². The van der Waals surface area contributed by atoms with Gasteiger partial charge in [0.2, 0.25) is 0 Å². The van der Waals surface area contributed by atoms with Crippen LogP contribution >= 0.6 is 23.5 Å². The first-order chi connectivity index (χ1) is 12.6. The molecule has 0 unspecified atom stereocenters. The molecule has 0 saturated carbocycles. The molecule has 2 aromatic carbocycles. The summed E-state index contributed by atoms with van der Waals surface area (Å²) in [5, 5.41) is 11.5. The van der Waals surface area contributed by atoms with Crippen molar-refractivity contribution in [3.05, 3.63) is 76.1 Å². The molecule has 3 aromatic rings. The third kappa shape index (κ3) is 3.26. The number of aromatic hydroxyl groups is 1. The number of rotatable bonds is 4. The summed E-state index contributed by atoms with van der Waals surface area (Å²) in [6.45, 7) is 2.23. The van der Waals surface area contributed by atoms with Gasteiger partial charge in [0.1, 0.15) is 11.3 Å². The molecule has 1 aliphatic rings. The predicted octanol–water partition coefficient (Wildman–Crippen LogP) is 5.22. The van der Waals surface area contributed by atoms with Gasteiger partial charge < -0.3 is 9.52 Å². The molecule has 2 heterocycles. The smallest absolute Gasteiger partial charge is 0.343 e. The second kappa shape index (κ2) is 7.05. The van der Waals surface area contributed by atoms with Crippen molar-refractivity contribution in [1.82, 2.24) is 0 Å². The molecule has 3 nitrogen and oxygen atoms in total. The van der Waals surface area contributed by atoms with Crippen molar-refractivity contribution >= 4 is 34.5 Å². The molecular formula is C21H20O3S2. The Labute approximate surface area is 160 Å². The van der Waals surface area contributed by atoms with Crippen molar-refractivity contribution < 1.29 is 9.52 Å². The van der Waals surface area contributed by atoms with Crippen molar-refractivity contribution in [2.45, 2.75) is 23.3 Å². The van der Waals surface area contributed by atoms with E-state index < -0.39 is 5.63 Å². The molecule has 0 amide bonds. The third-order valence-corrected chi connectivity index (χ3v) is 8.18. The van der Waals surface area contributed by atoms with Crippen LogP contribution in [0.15, 0.2) is 63.8 Å². The van der Waals surface area contributed by atoms with Crippen LogP contribution in [0.4, 0.5) is 0 Å². The van der Waals surface area contributed by atoms with Gasteiger partial charge in [-0.15, -0.1) is 23.5 Å². The highest BCUT2D eigenvalue weighted by molar-refractivity contribution is 8.21. The van der Waals surface area contributed by atoms with Gasteiger partial charge in [0.15, 0.2) is 0 Å². The van der Waals surface area contributed by atoms with Crippen LogP contribution in [0, 0.1) is 0 Å². The van der Waals surface area contributed by atoms with Gasteiger partial charge in [-0.2, -0.15) is 0 Å². The molecule has 1 aromatic heterocycles. The van der Waals surface area contributed by atoms with Gasteiger partial charge in [-0.3, -0.25) is 0 Å². The van der Waals surface area contributed by atoms with Crippen LogP contribution < -0.4 is 5.63 Å². The van der Waals surface area contributed by atoms with Crippen molar-refractivity contribution in [1.29, 1.82) is 0 Å². The number of fused-ring (bicyclic) bond motifs is 1. The van der Waals surface area contributed by atoms with E-state index in [2.05, 4.69) is 6.92 Å². The van der Waals surface area contributed by atoms with E-state index in [0.29, 0.717) is 16.5 Å². The zero-order valence-corrected chi connectivity index (χ0v) is 16.1. The monoisotopic (exact) mass is 384 g/mol. The highest BCUT2D eigenvalue weighted by atomic mass is 32.2. The minimum Gasteiger partial charge on any atom is -0.507 e. The molecule has 26 heavy (non-hydrogen) atoms. The average molecular weight is 385 g/mol. The predicted molar refractivity (Wildman–Crippen MR) is 110 cm³/mol. The highest BCUT2D eigenvalue weighted by Gasteiger charge is 2.36. The standard InChI is InChI=1S/C21H20O3S2/c1-21(25-11-12-26-21)13-16(14-7-3-2-4-8-14)18-19(22)15-9-5-6-10-17(15)24-20(18)23/h2-10,16,22H,11-13H2,1H3/t16-/m1/s1. The lowest BCUT2D eigenvalue weighted by Crippen LogP contribution is -2.22. The molecule has 0 bridgehead atoms. The summed E-state index contributed by atoms with van der Waals surface area (Å²) in [5.41, 5.74) is 1.36. The van der Waals surface area contributed by atoms with Crippen molar-refractivity contribution in [2.75, 3.05) is 11.5 Å². The van der Waals surface area contributed by atoms with Crippen molar-refractivity contribution in [3.8, 4) is 5.75 Å². The Kier molecular flexibility index (Phi) is 4.76. The van der Waals surface area contributed by atoms with Crippen LogP contribution in [0.2, 0.25) is 0 Å². The lowest BCUT2D eigenvalue weighted by molar-refractivity contribution is 0.448. The summed E-state index contributed by atoms with van der Waals surface area (Å²) in [7, 11) is 0. The number of para-hydroxylation sites is 1. The van der Waals surface area contributed by atoms with Gasteiger partial charge in [0.25, 0.3) is 0 Å². The van der Waals surface area contributed by atoms with E-state index in [9.17, 15) is 9.90 Å². The normalized spacial score (nSPS) is 17.4. The Hall–Kier alpha value is -1.85. The molecule has 1 atom stereocenters. The van der Waals surface area contributed by atoms with Gasteiger partial charge in [0, 0.05) is 17.4 Å². The van der Waals surface area contributed by atoms with Gasteiger partial charge in [-0.05, 0) is 31.0 Å². The fourth-order valence-corrected chi connectivity index (χ4v) is 6.51. The van der Waals surface area contributed by atoms with Gasteiger partial charge in [0.05, 0.1) is 15.0 Å². The van der Waals surface area contributed by atoms with E-state index >= 15 is 0 Å². The van der Waals surface area contributed by atoms with Gasteiger partial charge in [-0.1, -0.05) is 42.5 Å². The molecule has 0 aliphatic carbocycles. The molecule has 1 aliphatic heterocycles. The van der Waals surface area contributed by atoms with E-state index in [1.165, 1.54) is 0 Å². The van der Waals surface area contributed by atoms with Crippen molar-refractivity contribution in [2.24, 2.45) is 0 Å². The molecule has 1 saturated heterocycles. The lowest BCUT2D eigenvalue weighted by Gasteiger charge is -2.28. The van der Waals surface area contributed by atoms with Crippen LogP contribution in [0.3, 0.4) is 0 Å². The summed E-state index contributed by atoms with van der Waals surface area (Å²) in [5.74, 6) is 2.06. The minimum absolute atomic E-state index is 0.0189. The SMILES string of the molecule is CC1(C[C@H](c2ccccc2)c2c(O)c3ccccc3oc2=O)SCCS1. The summed E-state index contributed by atoms with van der Waals surface area (Å²) in [4.78, 5) is 12.8. The second-order valence-corrected chi connectivity index (χ2v) is 10.1. The Morgan fingerprint density at radius 2 is 1.73 bits per heavy atom. The molecule has 4 rings (SSSR count). The van der Waals surface area contributed by atoms with Crippen molar-refractivity contribution in [3.63, 3.8) is 0 Å². The van der Waals surface area contributed by atoms with Crippen LogP contribution in [-0.2, 0) is 0 Å². The number of benzene rings is 2. The second-order valence-electron chi connectivity index (χ2n) is 6.65. The van der Waals surface area contributed by atoms with E-state index in [4.69, 9.17) is 4.42 Å². The van der Waals surface area contributed by atoms with Gasteiger partial charge >= 0.3 is 5.63 Å². The minimum atomic E-state index is -0.452. The zero-order chi connectivity index (χ0) is 18.1. The molecular weight excluding hydrogens is 364 g/mol. The summed E-state index contributed by atoms with van der Waals surface area (Å²) < 4.78 is 5.56. The van der Waals surface area contributed by atoms with Crippen LogP contribution in [0.5, 0.6) is 5.75 Å². The molecule has 0 spiro atoms. The van der Waals surface area contributed by atoms with Crippen LogP contribution in [0.1, 0.15) is 30.4 Å². The fourth-order valence-electron chi connectivity index (χ4n) is 3.57. The average Bonchev–Trinajstić information content (AvgIpc) is 3.08. The Balaban J connectivity index is 1.89. The van der Waals surface area contributed by atoms with Crippen LogP contribution in [0.25, 0.3) is 11.0 Å². The maximum atomic E-state index is 12.8. The Morgan fingerprint density at radius 1 is 1.08 bits per heavy atom. The number of thioether (sulfide) groups is 2. The maximum Gasteiger partial charge on any atom is 0.343 e. The Morgan fingerprint density at radius 3 is 2.46 bits per heavy atom. The first kappa shape index (κ1) is 17.6. The molecule has 5 heteroatoms. The largest absolute Gasteiger partial charge is 0.507 e. The quantitative estimate of drug-likeness (QED) is 0.625. The van der Waals surface area contributed by atoms with E-state index in [1.807, 2.05) is 59.9 Å². The van der Waals surface area contributed by atoms with E-state index in [-0.39, 0.29) is 15.7 Å². The summed E-state index contributed by atoms with van der Waals surface area (Å²) in [6.07, 6.45) is 0.767. The lowest BCUT2D eigenvalue weighted by atomic mass is 9.87. The molecule has 1 fully saturated rings. The topological polar surface area (TPSA) is 50.4 Å². The zero-order valence-electron chi connectivity index (χ0n) is 14.5. The summed E-state index contributed by atoms with van der Waals surface area (Å²) in [6, 6.07) is 17.1. The number of hydrogen-bond acceptors (Lipinski definition) is 5. The third-order valence-electron chi connectivity index (χ3n) is 4.84. The molecule has 1 N–H and O–H groups in total. The summed E-state index contributed by atoms with van der Waals surface area (Å²) >= 11 is 3.85. The Bertz CT molecular complexity index is 975. The molecule has 134 valence electrons. The maximum absolute atomic E-state index is 12.8.